The van der Waals surface area contributed by atoms with Gasteiger partial charge < -0.3 is 0 Å². The Labute approximate surface area is 143 Å². The fourth-order valence-electron chi connectivity index (χ4n) is 2.19. The predicted molar refractivity (Wildman–Crippen MR) is 90.5 cm³/mol. The quantitative estimate of drug-likeness (QED) is 0.756. The van der Waals surface area contributed by atoms with Gasteiger partial charge in [-0.05, 0) is 42.8 Å². The number of hydrogen-bond acceptors (Lipinski definition) is 5. The van der Waals surface area contributed by atoms with Crippen molar-refractivity contribution in [2.45, 2.75) is 18.4 Å². The fraction of sp³-hybridized carbons (Fsp3) is 0.125. The van der Waals surface area contributed by atoms with Crippen LogP contribution in [0.15, 0.2) is 53.0 Å². The number of nitrogens with zero attached hydrogens (tertiary/aromatic N) is 2. The summed E-state index contributed by atoms with van der Waals surface area (Å²) < 4.78 is 40.3. The molecule has 3 rings (SSSR count). The molecule has 5 nitrogen and oxygen atoms in total. The summed E-state index contributed by atoms with van der Waals surface area (Å²) >= 11 is 1.36. The summed E-state index contributed by atoms with van der Waals surface area (Å²) in [7, 11) is -3.72. The Morgan fingerprint density at radius 1 is 1.29 bits per heavy atom. The number of sulfonamides is 1. The molecule has 0 bridgehead atoms. The average molecular weight is 363 g/mol. The van der Waals surface area contributed by atoms with Crippen molar-refractivity contribution in [2.24, 2.45) is 0 Å². The van der Waals surface area contributed by atoms with E-state index in [1.54, 1.807) is 19.3 Å². The largest absolute Gasteiger partial charge is 0.264 e. The molecule has 0 saturated heterocycles. The number of pyridine rings is 1. The highest BCUT2D eigenvalue weighted by molar-refractivity contribution is 7.89. The Bertz CT molecular complexity index is 956. The van der Waals surface area contributed by atoms with E-state index in [1.165, 1.54) is 23.5 Å². The van der Waals surface area contributed by atoms with E-state index in [0.717, 1.165) is 17.3 Å². The second kappa shape index (κ2) is 6.76. The molecule has 1 aromatic carbocycles. The van der Waals surface area contributed by atoms with E-state index in [2.05, 4.69) is 14.7 Å². The lowest BCUT2D eigenvalue weighted by molar-refractivity contribution is 0.579. The molecule has 0 aliphatic rings. The minimum atomic E-state index is -3.72. The molecule has 8 heteroatoms. The summed E-state index contributed by atoms with van der Waals surface area (Å²) in [5, 5.41) is 2.49. The van der Waals surface area contributed by atoms with Crippen LogP contribution in [0.4, 0.5) is 4.39 Å². The Morgan fingerprint density at radius 2 is 2.12 bits per heavy atom. The third-order valence-electron chi connectivity index (χ3n) is 3.35. The zero-order chi connectivity index (χ0) is 17.2. The maximum absolute atomic E-state index is 13.1. The van der Waals surface area contributed by atoms with Gasteiger partial charge in [0.05, 0.1) is 17.1 Å². The molecule has 124 valence electrons. The van der Waals surface area contributed by atoms with Crippen LogP contribution in [0.2, 0.25) is 0 Å². The summed E-state index contributed by atoms with van der Waals surface area (Å²) in [6.45, 7) is 1.63. The van der Waals surface area contributed by atoms with Crippen molar-refractivity contribution in [3.63, 3.8) is 0 Å². The molecule has 3 aromatic rings. The highest BCUT2D eigenvalue weighted by Gasteiger charge is 2.17. The average Bonchev–Trinajstić information content (AvgIpc) is 3.02. The number of rotatable bonds is 5. The first-order chi connectivity index (χ1) is 11.5. The highest BCUT2D eigenvalue weighted by atomic mass is 32.2. The van der Waals surface area contributed by atoms with Gasteiger partial charge in [-0.1, -0.05) is 0 Å². The van der Waals surface area contributed by atoms with Crippen molar-refractivity contribution >= 4 is 21.4 Å². The summed E-state index contributed by atoms with van der Waals surface area (Å²) in [4.78, 5) is 8.50. The molecular formula is C16H14FN3O2S2. The molecule has 0 amide bonds. The predicted octanol–water partition coefficient (Wildman–Crippen LogP) is 3.13. The van der Waals surface area contributed by atoms with Gasteiger partial charge in [-0.15, -0.1) is 11.3 Å². The molecule has 0 fully saturated rings. The van der Waals surface area contributed by atoms with Crippen LogP contribution in [0.1, 0.15) is 10.6 Å². The van der Waals surface area contributed by atoms with Gasteiger partial charge in [-0.2, -0.15) is 0 Å². The number of benzene rings is 1. The number of aryl methyl sites for hydroxylation is 1. The van der Waals surface area contributed by atoms with Crippen LogP contribution >= 0.6 is 11.3 Å². The van der Waals surface area contributed by atoms with E-state index in [9.17, 15) is 12.8 Å². The minimum absolute atomic E-state index is 0.0629. The van der Waals surface area contributed by atoms with E-state index in [-0.39, 0.29) is 11.4 Å². The van der Waals surface area contributed by atoms with Crippen molar-refractivity contribution in [1.29, 1.82) is 0 Å². The maximum Gasteiger partial charge on any atom is 0.241 e. The van der Waals surface area contributed by atoms with E-state index in [0.29, 0.717) is 10.6 Å². The standard InChI is InChI=1S/C16H14FN3O2S2/c1-11-7-13(17)4-5-15(11)24(21,22)19-9-16-20-14(10-23-16)12-3-2-6-18-8-12/h2-8,10,19H,9H2,1H3. The molecule has 0 radical (unpaired) electrons. The van der Waals surface area contributed by atoms with Crippen LogP contribution in [0.5, 0.6) is 0 Å². The molecule has 0 unspecified atom stereocenters. The zero-order valence-electron chi connectivity index (χ0n) is 12.7. The monoisotopic (exact) mass is 363 g/mol. The topological polar surface area (TPSA) is 72.0 Å². The van der Waals surface area contributed by atoms with Crippen molar-refractivity contribution in [3.8, 4) is 11.3 Å². The molecule has 2 aromatic heterocycles. The van der Waals surface area contributed by atoms with Crippen LogP contribution < -0.4 is 4.72 Å². The number of nitrogens with one attached hydrogen (secondary N) is 1. The van der Waals surface area contributed by atoms with Gasteiger partial charge in [-0.25, -0.2) is 22.5 Å². The highest BCUT2D eigenvalue weighted by Crippen LogP contribution is 2.21. The van der Waals surface area contributed by atoms with E-state index < -0.39 is 15.8 Å². The Morgan fingerprint density at radius 3 is 2.83 bits per heavy atom. The van der Waals surface area contributed by atoms with Gasteiger partial charge in [0.25, 0.3) is 0 Å². The van der Waals surface area contributed by atoms with E-state index >= 15 is 0 Å². The maximum atomic E-state index is 13.1. The first kappa shape index (κ1) is 16.7. The van der Waals surface area contributed by atoms with Crippen molar-refractivity contribution in [2.75, 3.05) is 0 Å². The molecule has 0 aliphatic heterocycles. The Kier molecular flexibility index (Phi) is 4.70. The van der Waals surface area contributed by atoms with Crippen LogP contribution in [-0.2, 0) is 16.6 Å². The number of thiazole rings is 1. The van der Waals surface area contributed by atoms with Gasteiger partial charge in [0, 0.05) is 23.3 Å². The van der Waals surface area contributed by atoms with Crippen LogP contribution in [0, 0.1) is 12.7 Å². The first-order valence-electron chi connectivity index (χ1n) is 7.06. The molecule has 0 spiro atoms. The molecule has 1 N–H and O–H groups in total. The molecule has 0 saturated carbocycles. The smallest absolute Gasteiger partial charge is 0.241 e. The SMILES string of the molecule is Cc1cc(F)ccc1S(=O)(=O)NCc1nc(-c2cccnc2)cs1. The molecule has 0 atom stereocenters. The summed E-state index contributed by atoms with van der Waals surface area (Å²) in [5.41, 5.74) is 1.98. The molecule has 0 aliphatic carbocycles. The van der Waals surface area contributed by atoms with Gasteiger partial charge >= 0.3 is 0 Å². The Balaban J connectivity index is 1.75. The fourth-order valence-corrected chi connectivity index (χ4v) is 4.23. The van der Waals surface area contributed by atoms with Crippen molar-refractivity contribution < 1.29 is 12.8 Å². The third kappa shape index (κ3) is 3.66. The summed E-state index contributed by atoms with van der Waals surface area (Å²) in [5.74, 6) is -0.465. The zero-order valence-corrected chi connectivity index (χ0v) is 14.4. The van der Waals surface area contributed by atoms with Gasteiger partial charge in [-0.3, -0.25) is 4.98 Å². The molecule has 24 heavy (non-hydrogen) atoms. The van der Waals surface area contributed by atoms with Gasteiger partial charge in [0.2, 0.25) is 10.0 Å². The third-order valence-corrected chi connectivity index (χ3v) is 5.76. The van der Waals surface area contributed by atoms with Crippen molar-refractivity contribution in [3.05, 3.63) is 64.5 Å². The van der Waals surface area contributed by atoms with Gasteiger partial charge in [0.15, 0.2) is 0 Å². The lowest BCUT2D eigenvalue weighted by Gasteiger charge is -2.08. The number of aromatic nitrogens is 2. The number of hydrogen-bond donors (Lipinski definition) is 1. The lowest BCUT2D eigenvalue weighted by Crippen LogP contribution is -2.24. The summed E-state index contributed by atoms with van der Waals surface area (Å²) in [6.07, 6.45) is 3.38. The minimum Gasteiger partial charge on any atom is -0.264 e. The second-order valence-electron chi connectivity index (χ2n) is 5.10. The van der Waals surface area contributed by atoms with Crippen molar-refractivity contribution in [1.82, 2.24) is 14.7 Å². The van der Waals surface area contributed by atoms with Crippen LogP contribution in [0.25, 0.3) is 11.3 Å². The molecular weight excluding hydrogens is 349 g/mol. The van der Waals surface area contributed by atoms with E-state index in [4.69, 9.17) is 0 Å². The lowest BCUT2D eigenvalue weighted by atomic mass is 10.2. The second-order valence-corrected chi connectivity index (χ2v) is 7.78. The van der Waals surface area contributed by atoms with Crippen LogP contribution in [0.3, 0.4) is 0 Å². The normalized spacial score (nSPS) is 11.6. The van der Waals surface area contributed by atoms with Crippen LogP contribution in [-0.4, -0.2) is 18.4 Å². The first-order valence-corrected chi connectivity index (χ1v) is 9.42. The molecule has 2 heterocycles. The summed E-state index contributed by atoms with van der Waals surface area (Å²) in [6, 6.07) is 7.28. The number of halogens is 1. The Hall–Kier alpha value is -2.16. The van der Waals surface area contributed by atoms with E-state index in [1.807, 2.05) is 17.5 Å². The van der Waals surface area contributed by atoms with Gasteiger partial charge in [0.1, 0.15) is 10.8 Å².